The Morgan fingerprint density at radius 3 is 2.47 bits per heavy atom. The maximum absolute atomic E-state index is 15.1. The number of imide groups is 1. The number of nitrogens with zero attached hydrogens (tertiary/aromatic N) is 4. The number of halogens is 2. The predicted molar refractivity (Wildman–Crippen MR) is 197 cm³/mol. The SMILES string of the molecule is O=C1CCC(Nc2ccc(N3CCN(CC(=O)N4CCC(COc5cc(F)c6c(=O)[nH]c(CSC7CCOCC7)nc6c5)CC4)CC3)c(F)c2)C(=O)N1. The van der Waals surface area contributed by atoms with Gasteiger partial charge in [-0.05, 0) is 56.2 Å². The van der Waals surface area contributed by atoms with Crippen molar-refractivity contribution in [2.45, 2.75) is 55.6 Å². The van der Waals surface area contributed by atoms with Gasteiger partial charge in [0, 0.05) is 82.0 Å². The normalized spacial score (nSPS) is 20.8. The van der Waals surface area contributed by atoms with Gasteiger partial charge in [0.15, 0.2) is 0 Å². The minimum absolute atomic E-state index is 0.0616. The Bertz CT molecular complexity index is 1880. The van der Waals surface area contributed by atoms with E-state index in [1.165, 1.54) is 12.1 Å². The van der Waals surface area contributed by atoms with Gasteiger partial charge >= 0.3 is 0 Å². The van der Waals surface area contributed by atoms with Crippen LogP contribution in [-0.2, 0) is 24.9 Å². The minimum atomic E-state index is -0.668. The molecular formula is C37H45F2N7O6S. The fourth-order valence-electron chi connectivity index (χ4n) is 7.33. The lowest BCUT2D eigenvalue weighted by atomic mass is 9.97. The average Bonchev–Trinajstić information content (AvgIpc) is 3.15. The van der Waals surface area contributed by atoms with Crippen LogP contribution in [0.2, 0.25) is 0 Å². The number of anilines is 2. The fraction of sp³-hybridized carbons (Fsp3) is 0.541. The first-order chi connectivity index (χ1) is 25.7. The van der Waals surface area contributed by atoms with E-state index < -0.39 is 29.1 Å². The van der Waals surface area contributed by atoms with E-state index in [0.717, 1.165) is 38.9 Å². The van der Waals surface area contributed by atoms with E-state index in [2.05, 4.69) is 25.5 Å². The molecule has 3 amide bonds. The summed E-state index contributed by atoms with van der Waals surface area (Å²) in [5, 5.41) is 5.67. The molecule has 3 aromatic rings. The molecule has 1 unspecified atom stereocenters. The number of H-pyrrole nitrogens is 1. The zero-order valence-electron chi connectivity index (χ0n) is 29.5. The van der Waals surface area contributed by atoms with Crippen molar-refractivity contribution in [2.75, 3.05) is 75.9 Å². The highest BCUT2D eigenvalue weighted by atomic mass is 32.2. The minimum Gasteiger partial charge on any atom is -0.493 e. The molecule has 1 aromatic heterocycles. The summed E-state index contributed by atoms with van der Waals surface area (Å²) in [7, 11) is 0. The van der Waals surface area contributed by atoms with Crippen molar-refractivity contribution in [3.05, 3.63) is 58.1 Å². The molecule has 284 valence electrons. The van der Waals surface area contributed by atoms with Crippen LogP contribution in [0.15, 0.2) is 35.1 Å². The molecule has 0 spiro atoms. The Balaban J connectivity index is 0.841. The molecule has 13 nitrogen and oxygen atoms in total. The van der Waals surface area contributed by atoms with E-state index in [0.29, 0.717) is 92.8 Å². The van der Waals surface area contributed by atoms with Crippen LogP contribution in [0.1, 0.15) is 44.3 Å². The molecule has 0 bridgehead atoms. The summed E-state index contributed by atoms with van der Waals surface area (Å²) in [6, 6.07) is 7.07. The van der Waals surface area contributed by atoms with Crippen molar-refractivity contribution in [1.82, 2.24) is 25.1 Å². The van der Waals surface area contributed by atoms with Crippen molar-refractivity contribution < 1.29 is 32.6 Å². The van der Waals surface area contributed by atoms with Crippen LogP contribution in [-0.4, -0.2) is 114 Å². The van der Waals surface area contributed by atoms with Gasteiger partial charge in [-0.15, -0.1) is 0 Å². The molecule has 4 saturated heterocycles. The summed E-state index contributed by atoms with van der Waals surface area (Å²) in [6.45, 7) is 5.72. The Labute approximate surface area is 310 Å². The molecule has 5 heterocycles. The highest BCUT2D eigenvalue weighted by molar-refractivity contribution is 7.99. The second kappa shape index (κ2) is 16.8. The smallest absolute Gasteiger partial charge is 0.261 e. The third-order valence-electron chi connectivity index (χ3n) is 10.5. The van der Waals surface area contributed by atoms with E-state index >= 15 is 4.39 Å². The first kappa shape index (κ1) is 37.1. The number of nitrogens with one attached hydrogen (secondary N) is 3. The first-order valence-corrected chi connectivity index (χ1v) is 19.4. The Kier molecular flexibility index (Phi) is 11.8. The number of piperazine rings is 1. The van der Waals surface area contributed by atoms with Crippen LogP contribution in [0.4, 0.5) is 20.2 Å². The largest absolute Gasteiger partial charge is 0.493 e. The van der Waals surface area contributed by atoms with E-state index in [-0.39, 0.29) is 35.1 Å². The molecule has 4 aliphatic heterocycles. The molecule has 53 heavy (non-hydrogen) atoms. The van der Waals surface area contributed by atoms with Gasteiger partial charge in [0.05, 0.1) is 30.1 Å². The molecule has 7 rings (SSSR count). The zero-order chi connectivity index (χ0) is 36.9. The van der Waals surface area contributed by atoms with E-state index in [1.807, 2.05) is 9.80 Å². The Morgan fingerprint density at radius 2 is 1.74 bits per heavy atom. The fourth-order valence-corrected chi connectivity index (χ4v) is 8.38. The maximum Gasteiger partial charge on any atom is 0.261 e. The monoisotopic (exact) mass is 753 g/mol. The highest BCUT2D eigenvalue weighted by Crippen LogP contribution is 2.28. The summed E-state index contributed by atoms with van der Waals surface area (Å²) < 4.78 is 41.5. The summed E-state index contributed by atoms with van der Waals surface area (Å²) >= 11 is 1.72. The van der Waals surface area contributed by atoms with Gasteiger partial charge in [-0.2, -0.15) is 11.8 Å². The van der Waals surface area contributed by atoms with Crippen molar-refractivity contribution in [3.63, 3.8) is 0 Å². The number of amides is 3. The van der Waals surface area contributed by atoms with Crippen LogP contribution in [0.3, 0.4) is 0 Å². The molecule has 0 saturated carbocycles. The quantitative estimate of drug-likeness (QED) is 0.248. The number of thioether (sulfide) groups is 1. The summed E-state index contributed by atoms with van der Waals surface area (Å²) in [6.07, 6.45) is 4.02. The van der Waals surface area contributed by atoms with Gasteiger partial charge in [0.2, 0.25) is 17.7 Å². The molecule has 1 atom stereocenters. The third kappa shape index (κ3) is 9.27. The number of hydrogen-bond acceptors (Lipinski definition) is 11. The first-order valence-electron chi connectivity index (χ1n) is 18.4. The van der Waals surface area contributed by atoms with Gasteiger partial charge in [0.25, 0.3) is 5.56 Å². The second-order valence-corrected chi connectivity index (χ2v) is 15.4. The second-order valence-electron chi connectivity index (χ2n) is 14.1. The lowest BCUT2D eigenvalue weighted by Gasteiger charge is -2.38. The Morgan fingerprint density at radius 1 is 0.962 bits per heavy atom. The summed E-state index contributed by atoms with van der Waals surface area (Å²) in [5.74, 6) is -0.160. The zero-order valence-corrected chi connectivity index (χ0v) is 30.4. The average molecular weight is 754 g/mol. The van der Waals surface area contributed by atoms with E-state index in [9.17, 15) is 23.6 Å². The van der Waals surface area contributed by atoms with E-state index in [4.69, 9.17) is 9.47 Å². The van der Waals surface area contributed by atoms with Crippen LogP contribution < -0.4 is 25.8 Å². The number of fused-ring (bicyclic) bond motifs is 1. The predicted octanol–water partition coefficient (Wildman–Crippen LogP) is 3.27. The van der Waals surface area contributed by atoms with Gasteiger partial charge in [0.1, 0.15) is 34.6 Å². The van der Waals surface area contributed by atoms with Crippen molar-refractivity contribution in [1.29, 1.82) is 0 Å². The number of aromatic nitrogens is 2. The molecule has 4 aliphatic rings. The van der Waals surface area contributed by atoms with E-state index in [1.54, 1.807) is 30.0 Å². The molecule has 4 fully saturated rings. The van der Waals surface area contributed by atoms with Gasteiger partial charge < -0.3 is 29.6 Å². The van der Waals surface area contributed by atoms with Crippen LogP contribution >= 0.6 is 11.8 Å². The van der Waals surface area contributed by atoms with Crippen molar-refractivity contribution in [3.8, 4) is 5.75 Å². The van der Waals surface area contributed by atoms with Crippen LogP contribution in [0, 0.1) is 17.6 Å². The number of ether oxygens (including phenoxy) is 2. The molecule has 2 aromatic carbocycles. The maximum atomic E-state index is 15.1. The summed E-state index contributed by atoms with van der Waals surface area (Å²) in [5.41, 5.74) is 0.718. The lowest BCUT2D eigenvalue weighted by molar-refractivity contribution is -0.135. The summed E-state index contributed by atoms with van der Waals surface area (Å²) in [4.78, 5) is 62.5. The number of hydrogen-bond donors (Lipinski definition) is 3. The highest BCUT2D eigenvalue weighted by Gasteiger charge is 2.29. The van der Waals surface area contributed by atoms with Gasteiger partial charge in [-0.1, -0.05) is 0 Å². The van der Waals surface area contributed by atoms with Crippen LogP contribution in [0.25, 0.3) is 10.9 Å². The number of piperidine rings is 2. The number of benzene rings is 2. The number of rotatable bonds is 11. The Hall–Kier alpha value is -4.28. The van der Waals surface area contributed by atoms with Gasteiger partial charge in [-0.3, -0.25) is 29.4 Å². The molecule has 3 N–H and O–H groups in total. The van der Waals surface area contributed by atoms with Gasteiger partial charge in [-0.25, -0.2) is 13.8 Å². The lowest BCUT2D eigenvalue weighted by Crippen LogP contribution is -2.51. The van der Waals surface area contributed by atoms with Crippen LogP contribution in [0.5, 0.6) is 5.75 Å². The molecule has 0 radical (unpaired) electrons. The molecule has 16 heteroatoms. The van der Waals surface area contributed by atoms with Crippen molar-refractivity contribution >= 4 is 51.8 Å². The topological polar surface area (TPSA) is 149 Å². The molecule has 0 aliphatic carbocycles. The number of likely N-dealkylation sites (tertiary alicyclic amines) is 1. The van der Waals surface area contributed by atoms with Crippen molar-refractivity contribution in [2.24, 2.45) is 5.92 Å². The number of carbonyl (C=O) groups is 3. The number of aromatic amines is 1. The standard InChI is InChI=1S/C37H45F2N7O6S/c38-27-17-24(40-29-2-4-33(47)43-36(29)49)1-3-31(27)45-13-11-44(12-14-45)20-34(48)46-9-5-23(6-10-46)21-52-25-18-28(39)35-30(19-25)41-32(42-37(35)50)22-53-26-7-15-51-16-8-26/h1,3,17-19,23,26,29,40H,2,4-16,20-22H2,(H,41,42,50)(H,43,47,49). The third-order valence-corrected chi connectivity index (χ3v) is 11.8. The number of carbonyl (C=O) groups excluding carboxylic acids is 3. The molecular weight excluding hydrogens is 709 g/mol.